The van der Waals surface area contributed by atoms with Crippen LogP contribution in [0.1, 0.15) is 49.3 Å². The summed E-state index contributed by atoms with van der Waals surface area (Å²) in [4.78, 5) is 27.7. The van der Waals surface area contributed by atoms with Crippen molar-refractivity contribution in [1.29, 1.82) is 5.41 Å². The van der Waals surface area contributed by atoms with Gasteiger partial charge in [-0.25, -0.2) is 0 Å². The molecule has 0 spiro atoms. The zero-order chi connectivity index (χ0) is 22.4. The fourth-order valence-corrected chi connectivity index (χ4v) is 4.21. The zero-order valence-electron chi connectivity index (χ0n) is 18.1. The highest BCUT2D eigenvalue weighted by Crippen LogP contribution is 2.29. The molecular weight excluding hydrogens is 410 g/mol. The van der Waals surface area contributed by atoms with E-state index in [1.54, 1.807) is 0 Å². The standard InChI is InChI=1S/C25H30ClN3O2/c1-17(2)24(28-23(30)15-18-4-3-5-19(14-18)16-27)25(31)29-12-10-21(11-13-29)20-6-8-22(26)9-7-20/h3-9,14,16-17,21,24,27H,10-13,15H2,1-2H3,(H,28,30)/t24-/m1/s1. The lowest BCUT2D eigenvalue weighted by Gasteiger charge is -2.35. The Bertz CT molecular complexity index is 919. The van der Waals surface area contributed by atoms with Crippen molar-refractivity contribution in [3.05, 3.63) is 70.2 Å². The summed E-state index contributed by atoms with van der Waals surface area (Å²) in [6, 6.07) is 14.8. The van der Waals surface area contributed by atoms with Crippen molar-refractivity contribution in [1.82, 2.24) is 10.2 Å². The van der Waals surface area contributed by atoms with Gasteiger partial charge in [0.15, 0.2) is 0 Å². The molecule has 5 nitrogen and oxygen atoms in total. The number of halogens is 1. The van der Waals surface area contributed by atoms with Gasteiger partial charge in [0.05, 0.1) is 6.42 Å². The summed E-state index contributed by atoms with van der Waals surface area (Å²) in [5.74, 6) is 0.240. The quantitative estimate of drug-likeness (QED) is 0.626. The molecule has 0 unspecified atom stereocenters. The number of carbonyl (C=O) groups excluding carboxylic acids is 2. The van der Waals surface area contributed by atoms with Gasteiger partial charge in [-0.15, -0.1) is 0 Å². The summed E-state index contributed by atoms with van der Waals surface area (Å²) in [5, 5.41) is 11.0. The second kappa shape index (κ2) is 10.6. The molecule has 3 rings (SSSR count). The van der Waals surface area contributed by atoms with Crippen molar-refractivity contribution in [3.8, 4) is 0 Å². The van der Waals surface area contributed by atoms with E-state index in [9.17, 15) is 9.59 Å². The molecule has 1 aliphatic heterocycles. The lowest BCUT2D eigenvalue weighted by molar-refractivity contribution is -0.138. The number of piperidine rings is 1. The topological polar surface area (TPSA) is 73.3 Å². The Morgan fingerprint density at radius 3 is 2.45 bits per heavy atom. The third-order valence-electron chi connectivity index (χ3n) is 5.88. The molecule has 0 aliphatic carbocycles. The van der Waals surface area contributed by atoms with E-state index in [0.717, 1.165) is 29.0 Å². The Balaban J connectivity index is 1.58. The van der Waals surface area contributed by atoms with E-state index in [1.165, 1.54) is 11.8 Å². The van der Waals surface area contributed by atoms with E-state index in [4.69, 9.17) is 17.0 Å². The maximum absolute atomic E-state index is 13.2. The number of rotatable bonds is 7. The number of carbonyl (C=O) groups is 2. The molecular formula is C25H30ClN3O2. The molecule has 1 fully saturated rings. The van der Waals surface area contributed by atoms with E-state index in [0.29, 0.717) is 19.0 Å². The van der Waals surface area contributed by atoms with E-state index >= 15 is 0 Å². The summed E-state index contributed by atoms with van der Waals surface area (Å²) < 4.78 is 0. The molecule has 1 saturated heterocycles. The van der Waals surface area contributed by atoms with Crippen LogP contribution in [0.15, 0.2) is 48.5 Å². The van der Waals surface area contributed by atoms with Gasteiger partial charge in [-0.1, -0.05) is 55.8 Å². The molecule has 6 heteroatoms. The summed E-state index contributed by atoms with van der Waals surface area (Å²) in [6.45, 7) is 5.29. The first kappa shape index (κ1) is 23.0. The van der Waals surface area contributed by atoms with E-state index in [2.05, 4.69) is 17.4 Å². The highest BCUT2D eigenvalue weighted by atomic mass is 35.5. The number of nitrogens with one attached hydrogen (secondary N) is 2. The number of hydrogen-bond donors (Lipinski definition) is 2. The Morgan fingerprint density at radius 1 is 1.16 bits per heavy atom. The van der Waals surface area contributed by atoms with Gasteiger partial charge >= 0.3 is 0 Å². The van der Waals surface area contributed by atoms with Crippen LogP contribution in [0.2, 0.25) is 5.02 Å². The average Bonchev–Trinajstić information content (AvgIpc) is 2.77. The second-order valence-electron chi connectivity index (χ2n) is 8.51. The first-order chi connectivity index (χ1) is 14.9. The van der Waals surface area contributed by atoms with Crippen LogP contribution >= 0.6 is 11.6 Å². The van der Waals surface area contributed by atoms with Gasteiger partial charge in [0.2, 0.25) is 11.8 Å². The van der Waals surface area contributed by atoms with Crippen LogP contribution in [0.3, 0.4) is 0 Å². The molecule has 0 aromatic heterocycles. The second-order valence-corrected chi connectivity index (χ2v) is 8.94. The molecule has 2 aromatic carbocycles. The summed E-state index contributed by atoms with van der Waals surface area (Å²) in [5.41, 5.74) is 2.85. The molecule has 164 valence electrons. The Hall–Kier alpha value is -2.66. The smallest absolute Gasteiger partial charge is 0.245 e. The van der Waals surface area contributed by atoms with Crippen LogP contribution < -0.4 is 5.32 Å². The normalized spacial score (nSPS) is 15.5. The minimum absolute atomic E-state index is 0.00153. The minimum atomic E-state index is -0.537. The average molecular weight is 440 g/mol. The van der Waals surface area contributed by atoms with Gasteiger partial charge in [0.1, 0.15) is 6.04 Å². The van der Waals surface area contributed by atoms with Gasteiger partial charge in [-0.3, -0.25) is 9.59 Å². The Labute approximate surface area is 189 Å². The van der Waals surface area contributed by atoms with Crippen LogP contribution in [0.5, 0.6) is 0 Å². The molecule has 1 heterocycles. The zero-order valence-corrected chi connectivity index (χ0v) is 18.9. The first-order valence-corrected chi connectivity index (χ1v) is 11.2. The van der Waals surface area contributed by atoms with E-state index < -0.39 is 6.04 Å². The fraction of sp³-hybridized carbons (Fsp3) is 0.400. The highest BCUT2D eigenvalue weighted by molar-refractivity contribution is 6.30. The molecule has 0 saturated carbocycles. The Morgan fingerprint density at radius 2 is 1.84 bits per heavy atom. The highest BCUT2D eigenvalue weighted by Gasteiger charge is 2.31. The lowest BCUT2D eigenvalue weighted by Crippen LogP contribution is -2.53. The van der Waals surface area contributed by atoms with Crippen LogP contribution in [-0.4, -0.2) is 42.1 Å². The van der Waals surface area contributed by atoms with Crippen LogP contribution in [0.4, 0.5) is 0 Å². The minimum Gasteiger partial charge on any atom is -0.344 e. The Kier molecular flexibility index (Phi) is 7.85. The molecule has 1 atom stereocenters. The van der Waals surface area contributed by atoms with Crippen LogP contribution in [-0.2, 0) is 16.0 Å². The number of likely N-dealkylation sites (tertiary alicyclic amines) is 1. The van der Waals surface area contributed by atoms with Crippen molar-refractivity contribution in [3.63, 3.8) is 0 Å². The van der Waals surface area contributed by atoms with Gasteiger partial charge in [0, 0.05) is 24.3 Å². The largest absolute Gasteiger partial charge is 0.344 e. The van der Waals surface area contributed by atoms with Crippen molar-refractivity contribution in [2.24, 2.45) is 5.92 Å². The van der Waals surface area contributed by atoms with Crippen molar-refractivity contribution >= 4 is 29.6 Å². The van der Waals surface area contributed by atoms with Gasteiger partial charge in [-0.2, -0.15) is 0 Å². The summed E-state index contributed by atoms with van der Waals surface area (Å²) in [7, 11) is 0. The molecule has 2 N–H and O–H groups in total. The fourth-order valence-electron chi connectivity index (χ4n) is 4.08. The third-order valence-corrected chi connectivity index (χ3v) is 6.13. The van der Waals surface area contributed by atoms with E-state index in [-0.39, 0.29) is 24.2 Å². The molecule has 2 aromatic rings. The molecule has 1 aliphatic rings. The third kappa shape index (κ3) is 6.17. The van der Waals surface area contributed by atoms with Crippen molar-refractivity contribution in [2.45, 2.75) is 45.1 Å². The van der Waals surface area contributed by atoms with Crippen molar-refractivity contribution < 1.29 is 9.59 Å². The van der Waals surface area contributed by atoms with Gasteiger partial charge < -0.3 is 15.6 Å². The molecule has 31 heavy (non-hydrogen) atoms. The first-order valence-electron chi connectivity index (χ1n) is 10.8. The number of hydrogen-bond acceptors (Lipinski definition) is 3. The number of benzene rings is 2. The summed E-state index contributed by atoms with van der Waals surface area (Å²) in [6.07, 6.45) is 3.26. The molecule has 2 amide bonds. The molecule has 0 bridgehead atoms. The molecule has 0 radical (unpaired) electrons. The monoisotopic (exact) mass is 439 g/mol. The van der Waals surface area contributed by atoms with Gasteiger partial charge in [-0.05, 0) is 59.6 Å². The number of nitrogens with zero attached hydrogens (tertiary/aromatic N) is 1. The van der Waals surface area contributed by atoms with Crippen LogP contribution in [0, 0.1) is 11.3 Å². The SMILES string of the molecule is CC(C)[C@@H](NC(=O)Cc1cccc(C=N)c1)C(=O)N1CCC(c2ccc(Cl)cc2)CC1. The predicted octanol–water partition coefficient (Wildman–Crippen LogP) is 4.43. The lowest BCUT2D eigenvalue weighted by atomic mass is 9.89. The predicted molar refractivity (Wildman–Crippen MR) is 125 cm³/mol. The van der Waals surface area contributed by atoms with Crippen LogP contribution in [0.25, 0.3) is 0 Å². The van der Waals surface area contributed by atoms with Crippen molar-refractivity contribution in [2.75, 3.05) is 13.1 Å². The summed E-state index contributed by atoms with van der Waals surface area (Å²) >= 11 is 5.99. The maximum atomic E-state index is 13.2. The maximum Gasteiger partial charge on any atom is 0.245 e. The van der Waals surface area contributed by atoms with Gasteiger partial charge in [0.25, 0.3) is 0 Å². The van der Waals surface area contributed by atoms with E-state index in [1.807, 2.05) is 55.1 Å². The number of amides is 2.